The van der Waals surface area contributed by atoms with Crippen molar-refractivity contribution in [2.75, 3.05) is 6.61 Å². The Morgan fingerprint density at radius 1 is 1.46 bits per heavy atom. The van der Waals surface area contributed by atoms with Crippen LogP contribution >= 0.6 is 11.8 Å². The summed E-state index contributed by atoms with van der Waals surface area (Å²) in [7, 11) is 0. The second kappa shape index (κ2) is 6.22. The third-order valence-electron chi connectivity index (χ3n) is 2.08. The van der Waals surface area contributed by atoms with E-state index in [1.807, 2.05) is 0 Å². The lowest BCUT2D eigenvalue weighted by molar-refractivity contribution is -0.110. The molecule has 0 amide bonds. The fourth-order valence-corrected chi connectivity index (χ4v) is 2.30. The molecule has 1 rings (SSSR count). The Morgan fingerprint density at radius 3 is 3.00 bits per heavy atom. The lowest BCUT2D eigenvalue weighted by Crippen LogP contribution is -2.12. The number of carbonyl (C=O) groups is 1. The van der Waals surface area contributed by atoms with Crippen molar-refractivity contribution < 1.29 is 9.90 Å². The largest absolute Gasteiger partial charge is 0.395 e. The van der Waals surface area contributed by atoms with Gasteiger partial charge in [0.1, 0.15) is 0 Å². The zero-order valence-corrected chi connectivity index (χ0v) is 8.55. The first-order valence-electron chi connectivity index (χ1n) is 4.78. The highest BCUT2D eigenvalue weighted by Gasteiger charge is 2.13. The molecule has 0 aromatic heterocycles. The average molecular weight is 200 g/mol. The first-order chi connectivity index (χ1) is 6.33. The first-order valence-corrected chi connectivity index (χ1v) is 5.66. The van der Waals surface area contributed by atoms with Crippen LogP contribution in [0.1, 0.15) is 32.1 Å². The van der Waals surface area contributed by atoms with Gasteiger partial charge in [0.15, 0.2) is 5.12 Å². The first kappa shape index (κ1) is 10.8. The van der Waals surface area contributed by atoms with Crippen LogP contribution in [-0.2, 0) is 4.79 Å². The maximum absolute atomic E-state index is 11.3. The summed E-state index contributed by atoms with van der Waals surface area (Å²) in [5.74, 6) is 0. The molecule has 0 aromatic carbocycles. The maximum Gasteiger partial charge on any atom is 0.189 e. The summed E-state index contributed by atoms with van der Waals surface area (Å²) < 4.78 is 0. The zero-order chi connectivity index (χ0) is 9.52. The van der Waals surface area contributed by atoms with Gasteiger partial charge in [0.05, 0.1) is 6.61 Å². The van der Waals surface area contributed by atoms with Gasteiger partial charge in [-0.2, -0.15) is 0 Å². The van der Waals surface area contributed by atoms with Crippen LogP contribution < -0.4 is 0 Å². The zero-order valence-electron chi connectivity index (χ0n) is 7.74. The third-order valence-corrected chi connectivity index (χ3v) is 3.27. The summed E-state index contributed by atoms with van der Waals surface area (Å²) in [6, 6.07) is 0. The average Bonchev–Trinajstić information content (AvgIpc) is 2.15. The van der Waals surface area contributed by atoms with Crippen LogP contribution in [0.15, 0.2) is 12.2 Å². The molecule has 0 aliphatic carbocycles. The van der Waals surface area contributed by atoms with Gasteiger partial charge >= 0.3 is 0 Å². The van der Waals surface area contributed by atoms with E-state index >= 15 is 0 Å². The molecule has 1 aliphatic rings. The summed E-state index contributed by atoms with van der Waals surface area (Å²) in [5.41, 5.74) is 0. The molecular weight excluding hydrogens is 184 g/mol. The highest BCUT2D eigenvalue weighted by atomic mass is 32.2. The second-order valence-electron chi connectivity index (χ2n) is 3.24. The van der Waals surface area contributed by atoms with E-state index in [1.165, 1.54) is 11.8 Å². The fraction of sp³-hybridized carbons (Fsp3) is 0.700. The molecule has 1 unspecified atom stereocenters. The molecule has 2 nitrogen and oxygen atoms in total. The number of thioether (sulfide) groups is 1. The van der Waals surface area contributed by atoms with Crippen molar-refractivity contribution in [1.82, 2.24) is 0 Å². The lowest BCUT2D eigenvalue weighted by Gasteiger charge is -2.12. The highest BCUT2D eigenvalue weighted by molar-refractivity contribution is 8.14. The van der Waals surface area contributed by atoms with Crippen molar-refractivity contribution in [1.29, 1.82) is 0 Å². The lowest BCUT2D eigenvalue weighted by atomic mass is 10.1. The van der Waals surface area contributed by atoms with Crippen LogP contribution in [0.5, 0.6) is 0 Å². The highest BCUT2D eigenvalue weighted by Crippen LogP contribution is 2.21. The van der Waals surface area contributed by atoms with Gasteiger partial charge in [-0.3, -0.25) is 4.79 Å². The van der Waals surface area contributed by atoms with Crippen LogP contribution in [0.25, 0.3) is 0 Å². The van der Waals surface area contributed by atoms with Crippen molar-refractivity contribution in [3.63, 3.8) is 0 Å². The molecule has 13 heavy (non-hydrogen) atoms. The van der Waals surface area contributed by atoms with Gasteiger partial charge < -0.3 is 5.11 Å². The van der Waals surface area contributed by atoms with Gasteiger partial charge in [-0.05, 0) is 25.7 Å². The number of allylic oxidation sites excluding steroid dienone is 2. The van der Waals surface area contributed by atoms with Gasteiger partial charge in [0.25, 0.3) is 0 Å². The van der Waals surface area contributed by atoms with Crippen molar-refractivity contribution >= 4 is 16.9 Å². The van der Waals surface area contributed by atoms with E-state index in [9.17, 15) is 4.79 Å². The van der Waals surface area contributed by atoms with Gasteiger partial charge in [-0.1, -0.05) is 23.9 Å². The minimum Gasteiger partial charge on any atom is -0.395 e. The molecule has 0 bridgehead atoms. The van der Waals surface area contributed by atoms with Crippen molar-refractivity contribution in [2.24, 2.45) is 0 Å². The predicted molar refractivity (Wildman–Crippen MR) is 55.7 cm³/mol. The van der Waals surface area contributed by atoms with Crippen molar-refractivity contribution in [3.05, 3.63) is 12.2 Å². The molecule has 1 N–H and O–H groups in total. The van der Waals surface area contributed by atoms with Gasteiger partial charge in [0.2, 0.25) is 0 Å². The minimum absolute atomic E-state index is 0.124. The normalized spacial score (nSPS) is 25.9. The molecule has 0 aromatic rings. The molecule has 1 atom stereocenters. The maximum atomic E-state index is 11.3. The van der Waals surface area contributed by atoms with E-state index in [2.05, 4.69) is 12.2 Å². The molecular formula is C10H16O2S. The summed E-state index contributed by atoms with van der Waals surface area (Å²) in [6.07, 6.45) is 8.77. The van der Waals surface area contributed by atoms with E-state index in [1.54, 1.807) is 0 Å². The number of carbonyl (C=O) groups excluding carboxylic acids is 1. The Labute approximate surface area is 83.4 Å². The van der Waals surface area contributed by atoms with E-state index in [0.717, 1.165) is 25.7 Å². The van der Waals surface area contributed by atoms with Crippen molar-refractivity contribution in [2.45, 2.75) is 37.4 Å². The Hall–Kier alpha value is -0.280. The second-order valence-corrected chi connectivity index (χ2v) is 4.59. The molecule has 0 saturated carbocycles. The van der Waals surface area contributed by atoms with Gasteiger partial charge in [-0.15, -0.1) is 0 Å². The standard InChI is InChI=1S/C10H16O2S/c11-8-9-6-4-2-1-3-5-7-10(12)13-9/h1,3,9,11H,2,4-8H2. The Bertz CT molecular complexity index is 189. The van der Waals surface area contributed by atoms with E-state index < -0.39 is 0 Å². The summed E-state index contributed by atoms with van der Waals surface area (Å²) >= 11 is 1.32. The van der Waals surface area contributed by atoms with Crippen LogP contribution in [0.3, 0.4) is 0 Å². The molecule has 0 fully saturated rings. The van der Waals surface area contributed by atoms with Gasteiger partial charge in [0, 0.05) is 11.7 Å². The smallest absolute Gasteiger partial charge is 0.189 e. The third kappa shape index (κ3) is 4.48. The number of hydrogen-bond donors (Lipinski definition) is 1. The van der Waals surface area contributed by atoms with Crippen LogP contribution in [-0.4, -0.2) is 22.1 Å². The molecule has 0 radical (unpaired) electrons. The SMILES string of the molecule is O=C1CCC=CCCCC(CO)S1. The van der Waals surface area contributed by atoms with Crippen molar-refractivity contribution in [3.8, 4) is 0 Å². The minimum atomic E-state index is 0.124. The Kier molecular flexibility index (Phi) is 5.16. The monoisotopic (exact) mass is 200 g/mol. The number of rotatable bonds is 1. The number of hydrogen-bond acceptors (Lipinski definition) is 3. The van der Waals surface area contributed by atoms with Gasteiger partial charge in [-0.25, -0.2) is 0 Å². The number of aliphatic hydroxyl groups is 1. The van der Waals surface area contributed by atoms with Crippen LogP contribution in [0, 0.1) is 0 Å². The molecule has 0 saturated heterocycles. The summed E-state index contributed by atoms with van der Waals surface area (Å²) in [5, 5.41) is 9.33. The van der Waals surface area contributed by atoms with Crippen LogP contribution in [0.2, 0.25) is 0 Å². The van der Waals surface area contributed by atoms with E-state index in [-0.39, 0.29) is 17.0 Å². The molecule has 3 heteroatoms. The Balaban J connectivity index is 2.43. The number of aliphatic hydroxyl groups excluding tert-OH is 1. The molecule has 1 heterocycles. The van der Waals surface area contributed by atoms with Crippen LogP contribution in [0.4, 0.5) is 0 Å². The Morgan fingerprint density at radius 2 is 2.23 bits per heavy atom. The van der Waals surface area contributed by atoms with E-state index in [0.29, 0.717) is 6.42 Å². The molecule has 0 spiro atoms. The fourth-order valence-electron chi connectivity index (χ4n) is 1.33. The quantitative estimate of drug-likeness (QED) is 0.659. The summed E-state index contributed by atoms with van der Waals surface area (Å²) in [6.45, 7) is 0.125. The molecule has 1 aliphatic heterocycles. The molecule has 74 valence electrons. The van der Waals surface area contributed by atoms with E-state index in [4.69, 9.17) is 5.11 Å². The summed E-state index contributed by atoms with van der Waals surface area (Å²) in [4.78, 5) is 11.3. The predicted octanol–water partition coefficient (Wildman–Crippen LogP) is 2.13. The topological polar surface area (TPSA) is 37.3 Å².